The highest BCUT2D eigenvalue weighted by molar-refractivity contribution is 7.93. The number of aromatic nitrogens is 2. The number of amidine groups is 1. The Hall–Kier alpha value is -3.61. The Labute approximate surface area is 265 Å². The highest BCUT2D eigenvalue weighted by atomic mass is 32.2. The van der Waals surface area contributed by atoms with Crippen LogP contribution in [0.2, 0.25) is 0 Å². The van der Waals surface area contributed by atoms with Crippen molar-refractivity contribution < 1.29 is 27.2 Å². The van der Waals surface area contributed by atoms with Crippen LogP contribution < -0.4 is 4.31 Å². The fourth-order valence-corrected chi connectivity index (χ4v) is 7.63. The molecule has 1 aromatic carbocycles. The van der Waals surface area contributed by atoms with Crippen molar-refractivity contribution in [2.45, 2.75) is 96.2 Å². The number of nitrogens with zero attached hydrogens (tertiary/aromatic N) is 5. The van der Waals surface area contributed by atoms with Crippen LogP contribution in [0.15, 0.2) is 50.9 Å². The van der Waals surface area contributed by atoms with Gasteiger partial charge in [0.1, 0.15) is 23.0 Å². The molecule has 0 saturated heterocycles. The maximum absolute atomic E-state index is 14.2. The van der Waals surface area contributed by atoms with Crippen molar-refractivity contribution >= 4 is 27.7 Å². The van der Waals surface area contributed by atoms with Gasteiger partial charge in [0.2, 0.25) is 5.88 Å². The summed E-state index contributed by atoms with van der Waals surface area (Å²) in [7, 11) is -2.79. The minimum Gasteiger partial charge on any atom is -0.377 e. The number of hydrogen-bond donors (Lipinski definition) is 0. The van der Waals surface area contributed by atoms with Gasteiger partial charge in [0, 0.05) is 37.5 Å². The summed E-state index contributed by atoms with van der Waals surface area (Å²) in [4.78, 5) is 25.2. The molecule has 5 rings (SSSR count). The van der Waals surface area contributed by atoms with Crippen LogP contribution >= 0.6 is 0 Å². The largest absolute Gasteiger partial charge is 0.377 e. The van der Waals surface area contributed by atoms with E-state index in [1.54, 1.807) is 26.1 Å². The molecule has 11 nitrogen and oxygen atoms in total. The van der Waals surface area contributed by atoms with Gasteiger partial charge in [-0.3, -0.25) is 19.7 Å². The number of benzene rings is 1. The minimum absolute atomic E-state index is 0.00659. The first-order valence-corrected chi connectivity index (χ1v) is 17.1. The zero-order valence-corrected chi connectivity index (χ0v) is 27.7. The summed E-state index contributed by atoms with van der Waals surface area (Å²) in [6.45, 7) is 8.38. The third-order valence-electron chi connectivity index (χ3n) is 8.65. The summed E-state index contributed by atoms with van der Waals surface area (Å²) in [5.41, 5.74) is 3.15. The first-order chi connectivity index (χ1) is 21.7. The number of hydrogen-bond acceptors (Lipinski definition) is 9. The zero-order chi connectivity index (χ0) is 32.2. The van der Waals surface area contributed by atoms with Crippen molar-refractivity contribution in [1.29, 1.82) is 0 Å². The number of carbonyl (C=O) groups excluding carboxylic acids is 1. The normalized spacial score (nSPS) is 16.2. The fourth-order valence-electron chi connectivity index (χ4n) is 6.10. The smallest absolute Gasteiger partial charge is 0.270 e. The third kappa shape index (κ3) is 6.41. The van der Waals surface area contributed by atoms with Crippen molar-refractivity contribution in [2.24, 2.45) is 4.99 Å². The number of anilines is 1. The van der Waals surface area contributed by atoms with Gasteiger partial charge in [0.25, 0.3) is 15.9 Å². The van der Waals surface area contributed by atoms with Crippen molar-refractivity contribution in [3.8, 4) is 11.3 Å². The molecule has 1 fully saturated rings. The number of rotatable bonds is 14. The summed E-state index contributed by atoms with van der Waals surface area (Å²) < 4.78 is 46.0. The van der Waals surface area contributed by atoms with Gasteiger partial charge in [0.15, 0.2) is 0 Å². The van der Waals surface area contributed by atoms with E-state index in [4.69, 9.17) is 19.0 Å². The Bertz CT molecular complexity index is 1660. The second kappa shape index (κ2) is 13.8. The van der Waals surface area contributed by atoms with Crippen LogP contribution in [0, 0.1) is 13.8 Å². The standard InChI is InChI=1S/C33H43N5O6S/c1-6-8-13-29-35-33(16-9-10-17-33)32(39)37(29)20-25-14-15-27(26(19-25)21-43-7-2)30-28(12-11-18-34-30)45(40,41)38(22-42-5)31-23(3)24(4)36-44-31/h11-12,14-15,18-19H,6-10,13,16-17,20-22H2,1-5H3. The van der Waals surface area contributed by atoms with Crippen LogP contribution in [-0.2, 0) is 37.4 Å². The second-order valence-corrected chi connectivity index (χ2v) is 13.5. The molecule has 0 atom stereocenters. The molecule has 1 saturated carbocycles. The molecule has 0 bridgehead atoms. The Morgan fingerprint density at radius 3 is 2.58 bits per heavy atom. The lowest BCUT2D eigenvalue weighted by Gasteiger charge is -2.24. The average Bonchev–Trinajstić information content (AvgIpc) is 3.72. The van der Waals surface area contributed by atoms with Crippen LogP contribution in [0.25, 0.3) is 11.3 Å². The minimum atomic E-state index is -4.20. The first-order valence-electron chi connectivity index (χ1n) is 15.7. The third-order valence-corrected chi connectivity index (χ3v) is 10.4. The van der Waals surface area contributed by atoms with Crippen molar-refractivity contribution in [1.82, 2.24) is 15.0 Å². The molecule has 0 N–H and O–H groups in total. The number of unbranched alkanes of at least 4 members (excludes halogenated alkanes) is 1. The Kier molecular flexibility index (Phi) is 10.0. The second-order valence-electron chi connectivity index (χ2n) is 11.7. The van der Waals surface area contributed by atoms with E-state index in [9.17, 15) is 13.2 Å². The molecule has 1 amide bonds. The van der Waals surface area contributed by atoms with E-state index in [1.807, 2.05) is 30.0 Å². The average molecular weight is 638 g/mol. The molecule has 12 heteroatoms. The molecule has 2 aliphatic rings. The number of pyridine rings is 1. The Balaban J connectivity index is 1.53. The topological polar surface area (TPSA) is 127 Å². The van der Waals surface area contributed by atoms with Gasteiger partial charge in [-0.25, -0.2) is 12.7 Å². The summed E-state index contributed by atoms with van der Waals surface area (Å²) in [5.74, 6) is 1.05. The fraction of sp³-hybridized carbons (Fsp3) is 0.515. The number of amides is 1. The molecule has 3 aromatic rings. The SMILES string of the molecule is CCCCC1=NC2(CCCC2)C(=O)N1Cc1ccc(-c2ncccc2S(=O)(=O)N(COC)c2onc(C)c2C)c(COCC)c1. The van der Waals surface area contributed by atoms with Gasteiger partial charge >= 0.3 is 0 Å². The highest BCUT2D eigenvalue weighted by Gasteiger charge is 2.49. The molecule has 1 spiro atoms. The van der Waals surface area contributed by atoms with E-state index in [2.05, 4.69) is 17.1 Å². The maximum Gasteiger partial charge on any atom is 0.270 e. The number of methoxy groups -OCH3 is 1. The number of carbonyl (C=O) groups is 1. The first kappa shape index (κ1) is 32.8. The van der Waals surface area contributed by atoms with E-state index in [1.165, 1.54) is 13.2 Å². The van der Waals surface area contributed by atoms with E-state index < -0.39 is 15.6 Å². The van der Waals surface area contributed by atoms with E-state index in [-0.39, 0.29) is 35.7 Å². The molecule has 45 heavy (non-hydrogen) atoms. The van der Waals surface area contributed by atoms with Crippen molar-refractivity contribution in [3.05, 3.63) is 58.9 Å². The van der Waals surface area contributed by atoms with Crippen LogP contribution in [-0.4, -0.2) is 61.2 Å². The molecule has 3 heterocycles. The summed E-state index contributed by atoms with van der Waals surface area (Å²) in [6, 6.07) is 8.89. The summed E-state index contributed by atoms with van der Waals surface area (Å²) >= 11 is 0. The predicted octanol–water partition coefficient (Wildman–Crippen LogP) is 5.93. The molecular weight excluding hydrogens is 594 g/mol. The lowest BCUT2D eigenvalue weighted by molar-refractivity contribution is -0.131. The quantitative estimate of drug-likeness (QED) is 0.199. The monoisotopic (exact) mass is 637 g/mol. The Morgan fingerprint density at radius 2 is 1.91 bits per heavy atom. The van der Waals surface area contributed by atoms with Crippen molar-refractivity contribution in [2.75, 3.05) is 24.8 Å². The lowest BCUT2D eigenvalue weighted by Crippen LogP contribution is -2.40. The molecule has 1 aliphatic carbocycles. The van der Waals surface area contributed by atoms with Gasteiger partial charge in [-0.15, -0.1) is 0 Å². The van der Waals surface area contributed by atoms with Crippen LogP contribution in [0.1, 0.15) is 81.2 Å². The molecule has 2 aromatic heterocycles. The lowest BCUT2D eigenvalue weighted by atomic mass is 9.97. The van der Waals surface area contributed by atoms with Gasteiger partial charge in [-0.2, -0.15) is 0 Å². The number of ether oxygens (including phenoxy) is 2. The van der Waals surface area contributed by atoms with Gasteiger partial charge in [-0.1, -0.05) is 49.5 Å². The zero-order valence-electron chi connectivity index (χ0n) is 26.8. The Morgan fingerprint density at radius 1 is 1.13 bits per heavy atom. The number of sulfonamides is 1. The summed E-state index contributed by atoms with van der Waals surface area (Å²) in [5, 5.41) is 3.95. The van der Waals surface area contributed by atoms with Gasteiger partial charge < -0.3 is 14.0 Å². The molecule has 242 valence electrons. The maximum atomic E-state index is 14.2. The predicted molar refractivity (Wildman–Crippen MR) is 171 cm³/mol. The highest BCUT2D eigenvalue weighted by Crippen LogP contribution is 2.40. The van der Waals surface area contributed by atoms with E-state index in [0.29, 0.717) is 30.0 Å². The van der Waals surface area contributed by atoms with E-state index in [0.717, 1.165) is 66.2 Å². The molecule has 1 aliphatic heterocycles. The number of aliphatic imine (C=N–C) groups is 1. The molecular formula is C33H43N5O6S. The van der Waals surface area contributed by atoms with Gasteiger partial charge in [0.05, 0.1) is 24.5 Å². The summed E-state index contributed by atoms with van der Waals surface area (Å²) in [6.07, 6.45) is 7.97. The van der Waals surface area contributed by atoms with Crippen LogP contribution in [0.5, 0.6) is 0 Å². The molecule has 0 unspecified atom stereocenters. The van der Waals surface area contributed by atoms with Crippen LogP contribution in [0.3, 0.4) is 0 Å². The van der Waals surface area contributed by atoms with Gasteiger partial charge in [-0.05, 0) is 63.3 Å². The van der Waals surface area contributed by atoms with Crippen LogP contribution in [0.4, 0.5) is 5.88 Å². The number of aryl methyl sites for hydroxylation is 1. The molecule has 0 radical (unpaired) electrons. The van der Waals surface area contributed by atoms with E-state index >= 15 is 0 Å². The van der Waals surface area contributed by atoms with Crippen molar-refractivity contribution in [3.63, 3.8) is 0 Å².